The third-order valence-electron chi connectivity index (χ3n) is 5.32. The summed E-state index contributed by atoms with van der Waals surface area (Å²) >= 11 is 0. The van der Waals surface area contributed by atoms with Gasteiger partial charge in [0.25, 0.3) is 5.91 Å². The number of carbonyl (C=O) groups excluding carboxylic acids is 2. The highest BCUT2D eigenvalue weighted by atomic mass is 35.5. The number of carbonyl (C=O) groups is 2. The number of hydrogen-bond donors (Lipinski definition) is 1. The summed E-state index contributed by atoms with van der Waals surface area (Å²) in [6.45, 7) is 7.37. The molecule has 1 aliphatic heterocycles. The van der Waals surface area contributed by atoms with Crippen molar-refractivity contribution in [1.29, 1.82) is 0 Å². The summed E-state index contributed by atoms with van der Waals surface area (Å²) in [4.78, 5) is 27.9. The minimum Gasteiger partial charge on any atom is -0.338 e. The molecule has 2 aromatic rings. The predicted molar refractivity (Wildman–Crippen MR) is 111 cm³/mol. The van der Waals surface area contributed by atoms with Crippen molar-refractivity contribution in [2.75, 3.05) is 13.1 Å². The van der Waals surface area contributed by atoms with Gasteiger partial charge in [-0.1, -0.05) is 61.9 Å². The normalized spacial score (nSPS) is 18.5. The van der Waals surface area contributed by atoms with E-state index in [1.165, 1.54) is 0 Å². The van der Waals surface area contributed by atoms with Crippen molar-refractivity contribution < 1.29 is 9.59 Å². The summed E-state index contributed by atoms with van der Waals surface area (Å²) in [5.41, 5.74) is 8.66. The van der Waals surface area contributed by atoms with Crippen LogP contribution in [0.4, 0.5) is 0 Å². The van der Waals surface area contributed by atoms with Crippen molar-refractivity contribution in [3.63, 3.8) is 0 Å². The molecule has 1 heterocycles. The van der Waals surface area contributed by atoms with E-state index in [1.54, 1.807) is 24.3 Å². The van der Waals surface area contributed by atoms with Gasteiger partial charge in [-0.3, -0.25) is 9.59 Å². The number of nitrogens with two attached hydrogens (primary N) is 1. The van der Waals surface area contributed by atoms with E-state index in [-0.39, 0.29) is 35.6 Å². The van der Waals surface area contributed by atoms with E-state index in [4.69, 9.17) is 5.73 Å². The summed E-state index contributed by atoms with van der Waals surface area (Å²) in [6, 6.07) is 14.6. The number of likely N-dealkylation sites (tertiary alicyclic amines) is 1. The first kappa shape index (κ1) is 21.1. The van der Waals surface area contributed by atoms with Gasteiger partial charge in [0.1, 0.15) is 0 Å². The van der Waals surface area contributed by atoms with E-state index in [9.17, 15) is 9.59 Å². The van der Waals surface area contributed by atoms with Crippen molar-refractivity contribution in [1.82, 2.24) is 4.90 Å². The van der Waals surface area contributed by atoms with Crippen LogP contribution < -0.4 is 5.73 Å². The smallest absolute Gasteiger partial charge is 0.254 e. The molecule has 0 radical (unpaired) electrons. The molecule has 27 heavy (non-hydrogen) atoms. The van der Waals surface area contributed by atoms with Crippen LogP contribution in [0.5, 0.6) is 0 Å². The second kappa shape index (κ2) is 8.24. The van der Waals surface area contributed by atoms with Crippen molar-refractivity contribution >= 4 is 24.1 Å². The minimum absolute atomic E-state index is 0. The summed E-state index contributed by atoms with van der Waals surface area (Å²) in [5.74, 6) is -0.219. The molecule has 5 heteroatoms. The molecular weight excluding hydrogens is 360 g/mol. The van der Waals surface area contributed by atoms with Gasteiger partial charge in [-0.15, -0.1) is 12.4 Å². The molecule has 0 spiro atoms. The first-order valence-electron chi connectivity index (χ1n) is 9.05. The Morgan fingerprint density at radius 2 is 1.63 bits per heavy atom. The van der Waals surface area contributed by atoms with Gasteiger partial charge in [-0.2, -0.15) is 0 Å². The molecule has 1 atom stereocenters. The van der Waals surface area contributed by atoms with Gasteiger partial charge in [-0.25, -0.2) is 0 Å². The van der Waals surface area contributed by atoms with Gasteiger partial charge in [0.2, 0.25) is 0 Å². The monoisotopic (exact) mass is 386 g/mol. The number of ketones is 1. The predicted octanol–water partition coefficient (Wildman–Crippen LogP) is 3.85. The van der Waals surface area contributed by atoms with Crippen LogP contribution in [0.2, 0.25) is 0 Å². The number of benzene rings is 2. The fourth-order valence-electron chi connectivity index (χ4n) is 3.45. The third-order valence-corrected chi connectivity index (χ3v) is 5.32. The molecule has 144 valence electrons. The van der Waals surface area contributed by atoms with Crippen LogP contribution in [0.15, 0.2) is 48.5 Å². The minimum atomic E-state index is -0.135. The van der Waals surface area contributed by atoms with Crippen LogP contribution >= 0.6 is 12.4 Å². The Kier molecular flexibility index (Phi) is 6.45. The van der Waals surface area contributed by atoms with Crippen LogP contribution in [-0.4, -0.2) is 35.7 Å². The fraction of sp³-hybridized carbons (Fsp3) is 0.364. The number of piperidine rings is 1. The lowest BCUT2D eigenvalue weighted by Crippen LogP contribution is -2.54. The highest BCUT2D eigenvalue weighted by Crippen LogP contribution is 2.29. The Hall–Kier alpha value is -2.17. The first-order valence-corrected chi connectivity index (χ1v) is 9.05. The molecule has 1 fully saturated rings. The standard InChI is InChI=1S/C22H26N2O2.ClH/c1-15-8-10-16(11-9-15)20(25)17-6-4-5-7-18(17)21(26)24-13-12-19(23)22(2,3)14-24;/h4-11,19H,12-14,23H2,1-3H3;1H. The fourth-order valence-corrected chi connectivity index (χ4v) is 3.45. The average molecular weight is 387 g/mol. The molecule has 3 rings (SSSR count). The second-order valence-electron chi connectivity index (χ2n) is 7.85. The van der Waals surface area contributed by atoms with Gasteiger partial charge in [-0.05, 0) is 24.8 Å². The maximum atomic E-state index is 13.1. The highest BCUT2D eigenvalue weighted by molar-refractivity contribution is 6.15. The molecule has 1 unspecified atom stereocenters. The van der Waals surface area contributed by atoms with Gasteiger partial charge in [0, 0.05) is 30.3 Å². The molecule has 0 saturated carbocycles. The lowest BCUT2D eigenvalue weighted by molar-refractivity contribution is 0.0531. The van der Waals surface area contributed by atoms with E-state index in [0.717, 1.165) is 12.0 Å². The molecule has 1 aliphatic rings. The van der Waals surface area contributed by atoms with Crippen LogP contribution in [-0.2, 0) is 0 Å². The molecule has 1 saturated heterocycles. The van der Waals surface area contributed by atoms with E-state index in [0.29, 0.717) is 29.8 Å². The van der Waals surface area contributed by atoms with E-state index < -0.39 is 0 Å². The van der Waals surface area contributed by atoms with Gasteiger partial charge in [0.05, 0.1) is 5.56 Å². The van der Waals surface area contributed by atoms with Gasteiger partial charge in [0.15, 0.2) is 5.78 Å². The van der Waals surface area contributed by atoms with Crippen molar-refractivity contribution in [3.05, 3.63) is 70.8 Å². The number of nitrogens with zero attached hydrogens (tertiary/aromatic N) is 1. The Balaban J connectivity index is 0.00000261. The zero-order valence-corrected chi connectivity index (χ0v) is 16.9. The maximum Gasteiger partial charge on any atom is 0.254 e. The summed E-state index contributed by atoms with van der Waals surface area (Å²) in [5, 5.41) is 0. The van der Waals surface area contributed by atoms with Crippen LogP contribution in [0.3, 0.4) is 0 Å². The summed E-state index contributed by atoms with van der Waals surface area (Å²) < 4.78 is 0. The van der Waals surface area contributed by atoms with Crippen LogP contribution in [0.1, 0.15) is 52.1 Å². The van der Waals surface area contributed by atoms with E-state index >= 15 is 0 Å². The number of amides is 1. The number of hydrogen-bond acceptors (Lipinski definition) is 3. The Bertz CT molecular complexity index is 830. The zero-order valence-electron chi connectivity index (χ0n) is 16.1. The number of halogens is 1. The number of rotatable bonds is 3. The second-order valence-corrected chi connectivity index (χ2v) is 7.85. The Morgan fingerprint density at radius 3 is 2.22 bits per heavy atom. The van der Waals surface area contributed by atoms with Crippen molar-refractivity contribution in [2.45, 2.75) is 33.2 Å². The molecule has 0 aromatic heterocycles. The quantitative estimate of drug-likeness (QED) is 0.815. The van der Waals surface area contributed by atoms with Crippen molar-refractivity contribution in [3.8, 4) is 0 Å². The third kappa shape index (κ3) is 4.40. The summed E-state index contributed by atoms with van der Waals surface area (Å²) in [6.07, 6.45) is 0.771. The molecular formula is C22H27ClN2O2. The SMILES string of the molecule is Cc1ccc(C(=O)c2ccccc2C(=O)N2CCC(N)C(C)(C)C2)cc1.Cl. The van der Waals surface area contributed by atoms with E-state index in [1.807, 2.05) is 36.1 Å². The Morgan fingerprint density at radius 1 is 1.04 bits per heavy atom. The molecule has 4 nitrogen and oxygen atoms in total. The topological polar surface area (TPSA) is 63.4 Å². The molecule has 0 aliphatic carbocycles. The zero-order chi connectivity index (χ0) is 18.9. The van der Waals surface area contributed by atoms with Gasteiger partial charge < -0.3 is 10.6 Å². The van der Waals surface area contributed by atoms with E-state index in [2.05, 4.69) is 13.8 Å². The number of aryl methyl sites for hydroxylation is 1. The van der Waals surface area contributed by atoms with Gasteiger partial charge >= 0.3 is 0 Å². The maximum absolute atomic E-state index is 13.1. The highest BCUT2D eigenvalue weighted by Gasteiger charge is 2.36. The lowest BCUT2D eigenvalue weighted by Gasteiger charge is -2.42. The molecule has 0 bridgehead atoms. The van der Waals surface area contributed by atoms with Crippen LogP contribution in [0.25, 0.3) is 0 Å². The average Bonchev–Trinajstić information content (AvgIpc) is 2.63. The van der Waals surface area contributed by atoms with Crippen LogP contribution in [0, 0.1) is 12.3 Å². The molecule has 2 aromatic carbocycles. The molecule has 1 amide bonds. The lowest BCUT2D eigenvalue weighted by atomic mass is 9.79. The largest absolute Gasteiger partial charge is 0.338 e. The Labute approximate surface area is 167 Å². The first-order chi connectivity index (χ1) is 12.3. The summed E-state index contributed by atoms with van der Waals surface area (Å²) in [7, 11) is 0. The van der Waals surface area contributed by atoms with Crippen molar-refractivity contribution in [2.24, 2.45) is 11.1 Å². The molecule has 2 N–H and O–H groups in total.